The van der Waals surface area contributed by atoms with Crippen molar-refractivity contribution in [3.05, 3.63) is 45.4 Å². The number of carbonyl (C=O) groups excluding carboxylic acids is 1. The van der Waals surface area contributed by atoms with Crippen LogP contribution in [0.3, 0.4) is 0 Å². The Labute approximate surface area is 102 Å². The molecular weight excluding hydrogens is 244 g/mol. The van der Waals surface area contributed by atoms with Gasteiger partial charge in [0.1, 0.15) is 5.69 Å². The Hall–Kier alpha value is -1.39. The molecule has 82 valence electrons. The topological polar surface area (TPSA) is 42.0 Å². The zero-order valence-electron chi connectivity index (χ0n) is 8.53. The third-order valence-electron chi connectivity index (χ3n) is 1.95. The maximum absolute atomic E-state index is 11.7. The summed E-state index contributed by atoms with van der Waals surface area (Å²) in [6.07, 6.45) is 0. The number of nitrogens with zero attached hydrogens (tertiary/aromatic N) is 1. The largest absolute Gasteiger partial charge is 0.321 e. The van der Waals surface area contributed by atoms with Crippen molar-refractivity contribution in [2.45, 2.75) is 6.92 Å². The van der Waals surface area contributed by atoms with Crippen LogP contribution in [0.4, 0.5) is 5.69 Å². The summed E-state index contributed by atoms with van der Waals surface area (Å²) in [4.78, 5) is 15.8. The van der Waals surface area contributed by atoms with Gasteiger partial charge in [-0.1, -0.05) is 11.6 Å². The van der Waals surface area contributed by atoms with Crippen LogP contribution in [0, 0.1) is 6.92 Å². The number of nitrogens with one attached hydrogen (secondary N) is 1. The molecule has 5 heteroatoms. The number of thiazole rings is 1. The van der Waals surface area contributed by atoms with Crippen molar-refractivity contribution in [1.82, 2.24) is 4.98 Å². The van der Waals surface area contributed by atoms with Gasteiger partial charge >= 0.3 is 0 Å². The molecule has 0 radical (unpaired) electrons. The Morgan fingerprint density at radius 2 is 2.06 bits per heavy atom. The zero-order valence-corrected chi connectivity index (χ0v) is 10.1. The van der Waals surface area contributed by atoms with Gasteiger partial charge in [0.15, 0.2) is 0 Å². The van der Waals surface area contributed by atoms with E-state index in [-0.39, 0.29) is 5.91 Å². The maximum Gasteiger partial charge on any atom is 0.275 e. The van der Waals surface area contributed by atoms with Crippen LogP contribution >= 0.6 is 22.9 Å². The lowest BCUT2D eigenvalue weighted by atomic mass is 10.3. The summed E-state index contributed by atoms with van der Waals surface area (Å²) in [5, 5.41) is 6.00. The third-order valence-corrected chi connectivity index (χ3v) is 2.98. The van der Waals surface area contributed by atoms with Crippen LogP contribution in [0.2, 0.25) is 5.02 Å². The highest BCUT2D eigenvalue weighted by Crippen LogP contribution is 2.15. The maximum atomic E-state index is 11.7. The quantitative estimate of drug-likeness (QED) is 0.891. The van der Waals surface area contributed by atoms with Crippen LogP contribution in [0.5, 0.6) is 0 Å². The van der Waals surface area contributed by atoms with Gasteiger partial charge in [0, 0.05) is 16.1 Å². The molecule has 1 heterocycles. The van der Waals surface area contributed by atoms with Crippen LogP contribution in [0.15, 0.2) is 29.6 Å². The van der Waals surface area contributed by atoms with Gasteiger partial charge in [-0.3, -0.25) is 4.79 Å². The Morgan fingerprint density at radius 1 is 1.38 bits per heavy atom. The first kappa shape index (κ1) is 11.1. The van der Waals surface area contributed by atoms with Gasteiger partial charge in [-0.05, 0) is 31.2 Å². The number of carbonyl (C=O) groups is 1. The molecule has 0 aliphatic rings. The van der Waals surface area contributed by atoms with Gasteiger partial charge in [-0.25, -0.2) is 4.98 Å². The monoisotopic (exact) mass is 252 g/mol. The molecule has 1 N–H and O–H groups in total. The standard InChI is InChI=1S/C11H9ClN2OS/c1-7-13-10(6-16-7)11(15)14-9-4-2-8(12)3-5-9/h2-6H,1H3,(H,14,15). The molecule has 0 aliphatic carbocycles. The van der Waals surface area contributed by atoms with Crippen molar-refractivity contribution < 1.29 is 4.79 Å². The molecule has 0 bridgehead atoms. The number of hydrogen-bond donors (Lipinski definition) is 1. The Bertz CT molecular complexity index is 507. The predicted molar refractivity (Wildman–Crippen MR) is 66.3 cm³/mol. The summed E-state index contributed by atoms with van der Waals surface area (Å²) >= 11 is 7.20. The Morgan fingerprint density at radius 3 is 2.62 bits per heavy atom. The summed E-state index contributed by atoms with van der Waals surface area (Å²) < 4.78 is 0. The van der Waals surface area contributed by atoms with E-state index in [2.05, 4.69) is 10.3 Å². The van der Waals surface area contributed by atoms with E-state index in [1.165, 1.54) is 11.3 Å². The molecular formula is C11H9ClN2OS. The van der Waals surface area contributed by atoms with Crippen molar-refractivity contribution >= 4 is 34.5 Å². The number of hydrogen-bond acceptors (Lipinski definition) is 3. The van der Waals surface area contributed by atoms with Crippen LogP contribution in [-0.4, -0.2) is 10.9 Å². The predicted octanol–water partition coefficient (Wildman–Crippen LogP) is 3.36. The second-order valence-electron chi connectivity index (χ2n) is 3.21. The van der Waals surface area contributed by atoms with Gasteiger partial charge < -0.3 is 5.32 Å². The lowest BCUT2D eigenvalue weighted by molar-refractivity contribution is 0.102. The number of rotatable bonds is 2. The van der Waals surface area contributed by atoms with Gasteiger partial charge in [0.2, 0.25) is 0 Å². The van der Waals surface area contributed by atoms with E-state index in [9.17, 15) is 4.79 Å². The minimum atomic E-state index is -0.202. The van der Waals surface area contributed by atoms with Crippen molar-refractivity contribution in [3.63, 3.8) is 0 Å². The molecule has 0 aliphatic heterocycles. The highest BCUT2D eigenvalue weighted by atomic mass is 35.5. The molecule has 0 saturated heterocycles. The van der Waals surface area contributed by atoms with Crippen molar-refractivity contribution in [1.29, 1.82) is 0 Å². The summed E-state index contributed by atoms with van der Waals surface area (Å²) in [7, 11) is 0. The molecule has 3 nitrogen and oxygen atoms in total. The highest BCUT2D eigenvalue weighted by Gasteiger charge is 2.08. The van der Waals surface area contributed by atoms with Gasteiger partial charge in [0.25, 0.3) is 5.91 Å². The minimum absolute atomic E-state index is 0.202. The molecule has 0 atom stereocenters. The average Bonchev–Trinajstić information content (AvgIpc) is 2.68. The second kappa shape index (κ2) is 4.63. The first-order valence-electron chi connectivity index (χ1n) is 4.64. The van der Waals surface area contributed by atoms with E-state index < -0.39 is 0 Å². The Kier molecular flexibility index (Phi) is 3.22. The summed E-state index contributed by atoms with van der Waals surface area (Å²) in [6, 6.07) is 6.95. The van der Waals surface area contributed by atoms with Crippen molar-refractivity contribution in [2.24, 2.45) is 0 Å². The van der Waals surface area contributed by atoms with E-state index in [1.54, 1.807) is 29.6 Å². The molecule has 1 aromatic carbocycles. The van der Waals surface area contributed by atoms with Crippen molar-refractivity contribution in [3.8, 4) is 0 Å². The van der Waals surface area contributed by atoms with E-state index in [0.29, 0.717) is 16.4 Å². The first-order chi connectivity index (χ1) is 7.65. The van der Waals surface area contributed by atoms with Crippen molar-refractivity contribution in [2.75, 3.05) is 5.32 Å². The first-order valence-corrected chi connectivity index (χ1v) is 5.90. The molecule has 1 aromatic heterocycles. The summed E-state index contributed by atoms with van der Waals surface area (Å²) in [6.45, 7) is 1.86. The molecule has 0 unspecified atom stereocenters. The fourth-order valence-corrected chi connectivity index (χ4v) is 1.92. The molecule has 0 saturated carbocycles. The highest BCUT2D eigenvalue weighted by molar-refractivity contribution is 7.09. The lowest BCUT2D eigenvalue weighted by Gasteiger charge is -2.02. The van der Waals surface area contributed by atoms with Crippen LogP contribution < -0.4 is 5.32 Å². The molecule has 1 amide bonds. The number of anilines is 1. The normalized spacial score (nSPS) is 10.1. The zero-order chi connectivity index (χ0) is 11.5. The third kappa shape index (κ3) is 2.59. The second-order valence-corrected chi connectivity index (χ2v) is 4.71. The van der Waals surface area contributed by atoms with E-state index in [0.717, 1.165) is 5.01 Å². The molecule has 2 aromatic rings. The summed E-state index contributed by atoms with van der Waals surface area (Å²) in [5.74, 6) is -0.202. The van der Waals surface area contributed by atoms with Gasteiger partial charge in [0.05, 0.1) is 5.01 Å². The molecule has 2 rings (SSSR count). The smallest absolute Gasteiger partial charge is 0.275 e. The van der Waals surface area contributed by atoms with E-state index in [1.807, 2.05) is 6.92 Å². The average molecular weight is 253 g/mol. The fourth-order valence-electron chi connectivity index (χ4n) is 1.20. The number of amides is 1. The summed E-state index contributed by atoms with van der Waals surface area (Å²) in [5.41, 5.74) is 1.15. The molecule has 0 fully saturated rings. The number of aryl methyl sites for hydroxylation is 1. The minimum Gasteiger partial charge on any atom is -0.321 e. The van der Waals surface area contributed by atoms with Gasteiger partial charge in [-0.2, -0.15) is 0 Å². The van der Waals surface area contributed by atoms with Crippen LogP contribution in [-0.2, 0) is 0 Å². The van der Waals surface area contributed by atoms with Crippen LogP contribution in [0.25, 0.3) is 0 Å². The Balaban J connectivity index is 2.10. The number of benzene rings is 1. The molecule has 16 heavy (non-hydrogen) atoms. The van der Waals surface area contributed by atoms with E-state index >= 15 is 0 Å². The SMILES string of the molecule is Cc1nc(C(=O)Nc2ccc(Cl)cc2)cs1. The lowest BCUT2D eigenvalue weighted by Crippen LogP contribution is -2.12. The number of halogens is 1. The van der Waals surface area contributed by atoms with Gasteiger partial charge in [-0.15, -0.1) is 11.3 Å². The number of aromatic nitrogens is 1. The van der Waals surface area contributed by atoms with E-state index in [4.69, 9.17) is 11.6 Å². The van der Waals surface area contributed by atoms with Crippen LogP contribution in [0.1, 0.15) is 15.5 Å². The fraction of sp³-hybridized carbons (Fsp3) is 0.0909. The molecule has 0 spiro atoms.